The number of ether oxygens (including phenoxy) is 2. The molecule has 2 aromatic heterocycles. The van der Waals surface area contributed by atoms with Gasteiger partial charge < -0.3 is 24.5 Å². The maximum atomic E-state index is 12.4. The summed E-state index contributed by atoms with van der Waals surface area (Å²) in [4.78, 5) is 24.4. The van der Waals surface area contributed by atoms with E-state index in [2.05, 4.69) is 15.7 Å². The number of aryl methyl sites for hydroxylation is 1. The summed E-state index contributed by atoms with van der Waals surface area (Å²) in [5, 5.41) is 9.56. The molecule has 3 heterocycles. The Hall–Kier alpha value is -3.75. The first-order chi connectivity index (χ1) is 13.1. The molecule has 1 aliphatic rings. The van der Waals surface area contributed by atoms with Crippen LogP contribution in [0.5, 0.6) is 11.5 Å². The van der Waals surface area contributed by atoms with E-state index in [0.29, 0.717) is 23.9 Å². The monoisotopic (exact) mass is 368 g/mol. The molecule has 0 saturated heterocycles. The molecule has 3 aromatic rings. The number of hydrogen-bond donors (Lipinski definition) is 2. The lowest BCUT2D eigenvalue weighted by molar-refractivity contribution is 0.0944. The molecule has 2 N–H and O–H groups in total. The molecule has 138 valence electrons. The third-order valence-corrected chi connectivity index (χ3v) is 3.99. The Balaban J connectivity index is 1.40. The van der Waals surface area contributed by atoms with Gasteiger partial charge in [-0.05, 0) is 29.8 Å². The van der Waals surface area contributed by atoms with Crippen LogP contribution in [0.3, 0.4) is 0 Å². The van der Waals surface area contributed by atoms with Crippen molar-refractivity contribution in [2.24, 2.45) is 7.05 Å². The number of fused-ring (bicyclic) bond motifs is 1. The first kappa shape index (κ1) is 16.7. The summed E-state index contributed by atoms with van der Waals surface area (Å²) in [6, 6.07) is 10.1. The van der Waals surface area contributed by atoms with Gasteiger partial charge in [0.05, 0.1) is 6.26 Å². The number of carbonyl (C=O) groups excluding carboxylic acids is 2. The van der Waals surface area contributed by atoms with E-state index in [4.69, 9.17) is 13.9 Å². The molecule has 27 heavy (non-hydrogen) atoms. The molecule has 0 aliphatic carbocycles. The number of furan rings is 1. The number of nitrogens with one attached hydrogen (secondary N) is 2. The number of hydrogen-bond acceptors (Lipinski definition) is 6. The van der Waals surface area contributed by atoms with Gasteiger partial charge in [-0.2, -0.15) is 5.10 Å². The maximum absolute atomic E-state index is 12.4. The summed E-state index contributed by atoms with van der Waals surface area (Å²) in [7, 11) is 1.63. The predicted molar refractivity (Wildman–Crippen MR) is 93.6 cm³/mol. The van der Waals surface area contributed by atoms with Gasteiger partial charge in [0, 0.05) is 19.7 Å². The maximum Gasteiger partial charge on any atom is 0.292 e. The number of carbonyl (C=O) groups is 2. The quantitative estimate of drug-likeness (QED) is 0.712. The van der Waals surface area contributed by atoms with Crippen LogP contribution in [0.1, 0.15) is 26.6 Å². The van der Waals surface area contributed by atoms with Gasteiger partial charge in [-0.25, -0.2) is 0 Å². The highest BCUT2D eigenvalue weighted by Crippen LogP contribution is 2.32. The van der Waals surface area contributed by atoms with Crippen molar-refractivity contribution in [2.75, 3.05) is 12.1 Å². The largest absolute Gasteiger partial charge is 0.459 e. The van der Waals surface area contributed by atoms with Gasteiger partial charge in [0.2, 0.25) is 6.79 Å². The minimum atomic E-state index is -0.421. The number of rotatable bonds is 5. The molecule has 4 rings (SSSR count). The lowest BCUT2D eigenvalue weighted by Gasteiger charge is -2.04. The van der Waals surface area contributed by atoms with Crippen LogP contribution in [-0.2, 0) is 13.6 Å². The van der Waals surface area contributed by atoms with Crippen molar-refractivity contribution in [2.45, 2.75) is 6.54 Å². The van der Waals surface area contributed by atoms with Crippen molar-refractivity contribution in [3.63, 3.8) is 0 Å². The molecule has 9 nitrogen and oxygen atoms in total. The second-order valence-corrected chi connectivity index (χ2v) is 5.84. The van der Waals surface area contributed by atoms with Gasteiger partial charge in [0.1, 0.15) is 5.82 Å². The first-order valence-corrected chi connectivity index (χ1v) is 8.16. The zero-order valence-corrected chi connectivity index (χ0v) is 14.4. The summed E-state index contributed by atoms with van der Waals surface area (Å²) < 4.78 is 17.0. The van der Waals surface area contributed by atoms with Gasteiger partial charge in [-0.15, -0.1) is 0 Å². The smallest absolute Gasteiger partial charge is 0.292 e. The van der Waals surface area contributed by atoms with Crippen molar-refractivity contribution in [1.29, 1.82) is 0 Å². The van der Waals surface area contributed by atoms with Crippen LogP contribution < -0.4 is 20.1 Å². The van der Waals surface area contributed by atoms with E-state index in [1.165, 1.54) is 17.0 Å². The zero-order valence-electron chi connectivity index (χ0n) is 14.4. The van der Waals surface area contributed by atoms with Crippen molar-refractivity contribution in [3.05, 3.63) is 59.7 Å². The minimum Gasteiger partial charge on any atom is -0.459 e. The van der Waals surface area contributed by atoms with Gasteiger partial charge in [-0.1, -0.05) is 6.07 Å². The summed E-state index contributed by atoms with van der Waals surface area (Å²) >= 11 is 0. The molecule has 2 amide bonds. The number of benzene rings is 1. The van der Waals surface area contributed by atoms with E-state index in [1.54, 1.807) is 25.2 Å². The molecule has 1 aliphatic heterocycles. The molecule has 1 aromatic carbocycles. The van der Waals surface area contributed by atoms with Crippen molar-refractivity contribution in [1.82, 2.24) is 15.1 Å². The van der Waals surface area contributed by atoms with Crippen molar-refractivity contribution >= 4 is 17.6 Å². The normalized spacial score (nSPS) is 12.0. The lowest BCUT2D eigenvalue weighted by Crippen LogP contribution is -2.23. The Morgan fingerprint density at radius 1 is 1.15 bits per heavy atom. The van der Waals surface area contributed by atoms with Crippen LogP contribution in [0, 0.1) is 0 Å². The van der Waals surface area contributed by atoms with E-state index in [1.807, 2.05) is 12.1 Å². The Labute approximate surface area is 153 Å². The highest BCUT2D eigenvalue weighted by Gasteiger charge is 2.17. The molecule has 9 heteroatoms. The highest BCUT2D eigenvalue weighted by molar-refractivity contribution is 6.02. The van der Waals surface area contributed by atoms with E-state index < -0.39 is 5.91 Å². The van der Waals surface area contributed by atoms with E-state index in [0.717, 1.165) is 5.56 Å². The fourth-order valence-corrected chi connectivity index (χ4v) is 2.60. The molecular formula is C18H16N4O5. The third-order valence-electron chi connectivity index (χ3n) is 3.99. The molecule has 0 fully saturated rings. The molecule has 0 saturated carbocycles. The Kier molecular flexibility index (Phi) is 4.25. The molecule has 0 radical (unpaired) electrons. The second kappa shape index (κ2) is 6.87. The van der Waals surface area contributed by atoms with Gasteiger partial charge >= 0.3 is 0 Å². The van der Waals surface area contributed by atoms with E-state index >= 15 is 0 Å². The topological polar surface area (TPSA) is 108 Å². The van der Waals surface area contributed by atoms with Gasteiger partial charge in [-0.3, -0.25) is 14.3 Å². The van der Waals surface area contributed by atoms with Crippen LogP contribution >= 0.6 is 0 Å². The highest BCUT2D eigenvalue weighted by atomic mass is 16.7. The third kappa shape index (κ3) is 3.47. The summed E-state index contributed by atoms with van der Waals surface area (Å²) in [6.07, 6.45) is 1.41. The first-order valence-electron chi connectivity index (χ1n) is 8.16. The van der Waals surface area contributed by atoms with Crippen LogP contribution in [0.4, 0.5) is 5.82 Å². The zero-order chi connectivity index (χ0) is 18.8. The summed E-state index contributed by atoms with van der Waals surface area (Å²) in [5.41, 5.74) is 1.06. The fraction of sp³-hybridized carbons (Fsp3) is 0.167. The Morgan fingerprint density at radius 3 is 2.81 bits per heavy atom. The number of amides is 2. The van der Waals surface area contributed by atoms with Crippen molar-refractivity contribution in [3.8, 4) is 11.5 Å². The van der Waals surface area contributed by atoms with Crippen LogP contribution in [0.2, 0.25) is 0 Å². The summed E-state index contributed by atoms with van der Waals surface area (Å²) in [5.74, 6) is 1.11. The molecule has 0 unspecified atom stereocenters. The minimum absolute atomic E-state index is 0.171. The lowest BCUT2D eigenvalue weighted by atomic mass is 10.2. The number of aromatic nitrogens is 2. The fourth-order valence-electron chi connectivity index (χ4n) is 2.60. The second-order valence-electron chi connectivity index (χ2n) is 5.84. The van der Waals surface area contributed by atoms with Crippen molar-refractivity contribution < 1.29 is 23.5 Å². The van der Waals surface area contributed by atoms with Crippen LogP contribution in [0.25, 0.3) is 0 Å². The molecular weight excluding hydrogens is 352 g/mol. The molecule has 0 atom stereocenters. The Bertz CT molecular complexity index is 993. The summed E-state index contributed by atoms with van der Waals surface area (Å²) in [6.45, 7) is 0.506. The average Bonchev–Trinajstić information content (AvgIpc) is 3.40. The van der Waals surface area contributed by atoms with Crippen LogP contribution in [0.15, 0.2) is 47.1 Å². The number of anilines is 1. The van der Waals surface area contributed by atoms with E-state index in [-0.39, 0.29) is 24.2 Å². The number of nitrogens with zero attached hydrogens (tertiary/aromatic N) is 2. The average molecular weight is 368 g/mol. The van der Waals surface area contributed by atoms with Gasteiger partial charge in [0.15, 0.2) is 23.0 Å². The standard InChI is InChI=1S/C18H16N4O5/c1-22-16(20-18(24)14-3-2-6-25-14)8-12(21-22)17(23)19-9-11-4-5-13-15(7-11)27-10-26-13/h2-8H,9-10H2,1H3,(H,19,23)(H,20,24). The molecule has 0 bridgehead atoms. The predicted octanol–water partition coefficient (Wildman–Crippen LogP) is 1.92. The molecule has 0 spiro atoms. The Morgan fingerprint density at radius 2 is 2.00 bits per heavy atom. The van der Waals surface area contributed by atoms with E-state index in [9.17, 15) is 9.59 Å². The van der Waals surface area contributed by atoms with Gasteiger partial charge in [0.25, 0.3) is 11.8 Å². The SMILES string of the molecule is Cn1nc(C(=O)NCc2ccc3c(c2)OCO3)cc1NC(=O)c1ccco1. The van der Waals surface area contributed by atoms with Crippen LogP contribution in [-0.4, -0.2) is 28.4 Å².